The van der Waals surface area contributed by atoms with E-state index in [1.165, 1.54) is 20.5 Å². The molecule has 21 heavy (non-hydrogen) atoms. The summed E-state index contributed by atoms with van der Waals surface area (Å²) in [6.45, 7) is 0. The van der Waals surface area contributed by atoms with Gasteiger partial charge in [-0.3, -0.25) is 0 Å². The van der Waals surface area contributed by atoms with Gasteiger partial charge < -0.3 is 0 Å². The maximum atomic E-state index is 5.21. The van der Waals surface area contributed by atoms with Gasteiger partial charge in [0.1, 0.15) is 0 Å². The Kier molecular flexibility index (Phi) is 4.19. The molecule has 0 N–H and O–H groups in total. The molecule has 3 aromatic rings. The Morgan fingerprint density at radius 3 is 2.48 bits per heavy atom. The first-order valence-corrected chi connectivity index (χ1v) is 9.71. The number of methoxy groups -OCH3 is 1. The number of imidazole rings is 1. The fourth-order valence-electron chi connectivity index (χ4n) is 2.53. The van der Waals surface area contributed by atoms with Gasteiger partial charge in [0.25, 0.3) is 0 Å². The van der Waals surface area contributed by atoms with Gasteiger partial charge in [0.05, 0.1) is 0 Å². The monoisotopic (exact) mass is 397 g/mol. The molecule has 0 spiro atoms. The van der Waals surface area contributed by atoms with Crippen LogP contribution in [-0.2, 0) is 18.6 Å². The molecule has 0 radical (unpaired) electrons. The number of para-hydroxylation sites is 2. The molecule has 0 aliphatic heterocycles. The Bertz CT molecular complexity index is 723. The van der Waals surface area contributed by atoms with E-state index in [1.807, 2.05) is 12.1 Å². The van der Waals surface area contributed by atoms with Gasteiger partial charge in [-0.1, -0.05) is 0 Å². The van der Waals surface area contributed by atoms with Crippen LogP contribution in [0.15, 0.2) is 48.5 Å². The summed E-state index contributed by atoms with van der Waals surface area (Å²) < 4.78 is 12.5. The Hall–Kier alpha value is -1.50. The topological polar surface area (TPSA) is 18.0 Å². The second-order valence-electron chi connectivity index (χ2n) is 5.03. The van der Waals surface area contributed by atoms with Crippen molar-refractivity contribution in [3.05, 3.63) is 54.1 Å². The predicted molar refractivity (Wildman–Crippen MR) is 86.2 cm³/mol. The fourth-order valence-corrected chi connectivity index (χ4v) is 5.59. The molecule has 0 aliphatic rings. The fraction of sp³-hybridized carbons (Fsp3) is 0.235. The standard InChI is InChI=1S/C17H19N2OTe/c1-18-15-6-4-5-7-16(15)19(2)17(18)21-12-13-8-10-14(20-3)11-9-13/h4-11H,12H2,1-3H3/q+1. The summed E-state index contributed by atoms with van der Waals surface area (Å²) in [5.41, 5.74) is 4.02. The molecule has 108 valence electrons. The molecule has 0 bridgehead atoms. The molecule has 0 amide bonds. The molecule has 3 rings (SSSR count). The number of aromatic nitrogens is 2. The van der Waals surface area contributed by atoms with Gasteiger partial charge in [0.2, 0.25) is 0 Å². The molecule has 0 unspecified atom stereocenters. The molecule has 0 aliphatic carbocycles. The van der Waals surface area contributed by atoms with E-state index in [2.05, 4.69) is 59.6 Å². The number of benzene rings is 2. The van der Waals surface area contributed by atoms with Crippen LogP contribution in [0.3, 0.4) is 0 Å². The van der Waals surface area contributed by atoms with Gasteiger partial charge in [0, 0.05) is 0 Å². The van der Waals surface area contributed by atoms with Gasteiger partial charge in [-0.05, 0) is 0 Å². The molecule has 1 heterocycles. The second kappa shape index (κ2) is 6.09. The Morgan fingerprint density at radius 2 is 1.81 bits per heavy atom. The van der Waals surface area contributed by atoms with Crippen molar-refractivity contribution < 1.29 is 9.30 Å². The minimum absolute atomic E-state index is 0.272. The summed E-state index contributed by atoms with van der Waals surface area (Å²) in [6.07, 6.45) is 0. The third-order valence-electron chi connectivity index (χ3n) is 3.71. The van der Waals surface area contributed by atoms with E-state index >= 15 is 0 Å². The van der Waals surface area contributed by atoms with E-state index < -0.39 is 0 Å². The third kappa shape index (κ3) is 2.79. The van der Waals surface area contributed by atoms with Crippen molar-refractivity contribution in [2.45, 2.75) is 4.47 Å². The van der Waals surface area contributed by atoms with Gasteiger partial charge in [-0.2, -0.15) is 0 Å². The molecule has 1 aromatic heterocycles. The van der Waals surface area contributed by atoms with Crippen LogP contribution in [-0.4, -0.2) is 32.6 Å². The maximum absolute atomic E-state index is 5.21. The molecule has 4 heteroatoms. The van der Waals surface area contributed by atoms with E-state index in [4.69, 9.17) is 4.74 Å². The van der Waals surface area contributed by atoms with Crippen molar-refractivity contribution >= 4 is 35.8 Å². The zero-order valence-electron chi connectivity index (χ0n) is 12.5. The molecule has 2 aromatic carbocycles. The van der Waals surface area contributed by atoms with Gasteiger partial charge in [0.15, 0.2) is 0 Å². The van der Waals surface area contributed by atoms with Crippen molar-refractivity contribution in [2.75, 3.05) is 7.11 Å². The summed E-state index contributed by atoms with van der Waals surface area (Å²) >= 11 is -0.272. The van der Waals surface area contributed by atoms with Crippen LogP contribution in [0.2, 0.25) is 0 Å². The minimum atomic E-state index is -0.272. The summed E-state index contributed by atoms with van der Waals surface area (Å²) in [4.78, 5) is 0. The molecule has 0 atom stereocenters. The second-order valence-corrected chi connectivity index (χ2v) is 7.72. The first kappa shape index (κ1) is 14.4. The van der Waals surface area contributed by atoms with Crippen LogP contribution < -0.4 is 13.2 Å². The summed E-state index contributed by atoms with van der Waals surface area (Å²) in [5, 5.41) is 0. The van der Waals surface area contributed by atoms with Crippen LogP contribution in [0.25, 0.3) is 11.0 Å². The van der Waals surface area contributed by atoms with Crippen LogP contribution >= 0.6 is 0 Å². The van der Waals surface area contributed by atoms with E-state index in [-0.39, 0.29) is 20.9 Å². The number of nitrogens with zero attached hydrogens (tertiary/aromatic N) is 2. The van der Waals surface area contributed by atoms with E-state index in [9.17, 15) is 0 Å². The summed E-state index contributed by atoms with van der Waals surface area (Å²) in [7, 11) is 6.06. The normalized spacial score (nSPS) is 11.0. The number of aryl methyl sites for hydroxylation is 2. The van der Waals surface area contributed by atoms with Crippen LogP contribution in [0.4, 0.5) is 0 Å². The SMILES string of the molecule is COc1ccc(C[Te]c2n(C)c3ccccc3[n+]2C)cc1. The number of fused-ring (bicyclic) bond motifs is 1. The van der Waals surface area contributed by atoms with Gasteiger partial charge in [-0.25, -0.2) is 0 Å². The van der Waals surface area contributed by atoms with E-state index in [0.29, 0.717) is 0 Å². The van der Waals surface area contributed by atoms with E-state index in [1.54, 1.807) is 7.11 Å². The first-order valence-electron chi connectivity index (χ1n) is 6.90. The average Bonchev–Trinajstić information content (AvgIpc) is 2.78. The van der Waals surface area contributed by atoms with Crippen molar-refractivity contribution in [1.82, 2.24) is 4.57 Å². The van der Waals surface area contributed by atoms with Crippen molar-refractivity contribution in [2.24, 2.45) is 14.1 Å². The third-order valence-corrected chi connectivity index (χ3v) is 7.37. The van der Waals surface area contributed by atoms with Crippen molar-refractivity contribution in [3.8, 4) is 5.75 Å². The number of rotatable bonds is 4. The molecular weight excluding hydrogens is 376 g/mol. The number of hydrogen-bond donors (Lipinski definition) is 0. The van der Waals surface area contributed by atoms with Crippen molar-refractivity contribution in [3.63, 3.8) is 0 Å². The Morgan fingerprint density at radius 1 is 1.10 bits per heavy atom. The van der Waals surface area contributed by atoms with Gasteiger partial charge in [-0.15, -0.1) is 0 Å². The first-order chi connectivity index (χ1) is 10.2. The Labute approximate surface area is 135 Å². The molecule has 0 saturated carbocycles. The van der Waals surface area contributed by atoms with Crippen LogP contribution in [0.1, 0.15) is 5.56 Å². The molecule has 3 nitrogen and oxygen atoms in total. The quantitative estimate of drug-likeness (QED) is 0.485. The zero-order valence-corrected chi connectivity index (χ0v) is 14.9. The van der Waals surface area contributed by atoms with Crippen molar-refractivity contribution in [1.29, 1.82) is 0 Å². The number of hydrogen-bond acceptors (Lipinski definition) is 1. The zero-order chi connectivity index (χ0) is 14.8. The van der Waals surface area contributed by atoms with E-state index in [0.717, 1.165) is 10.2 Å². The molecular formula is C17H19N2OTe+. The van der Waals surface area contributed by atoms with Gasteiger partial charge >= 0.3 is 135 Å². The van der Waals surface area contributed by atoms with Crippen LogP contribution in [0, 0.1) is 0 Å². The summed E-state index contributed by atoms with van der Waals surface area (Å²) in [6, 6.07) is 17.0. The Balaban J connectivity index is 1.84. The predicted octanol–water partition coefficient (Wildman–Crippen LogP) is 1.54. The molecule has 0 fully saturated rings. The summed E-state index contributed by atoms with van der Waals surface area (Å²) in [5.74, 6) is 0.925. The number of ether oxygens (including phenoxy) is 1. The molecule has 0 saturated heterocycles. The average molecular weight is 395 g/mol. The van der Waals surface area contributed by atoms with Crippen LogP contribution in [0.5, 0.6) is 5.75 Å².